The Bertz CT molecular complexity index is 1040. The number of carbonyl (C=O) groups is 1. The molecule has 30 heavy (non-hydrogen) atoms. The van der Waals surface area contributed by atoms with Gasteiger partial charge in [-0.15, -0.1) is 10.2 Å². The zero-order chi connectivity index (χ0) is 21.7. The molecular weight excluding hydrogens is 449 g/mol. The van der Waals surface area contributed by atoms with Crippen molar-refractivity contribution in [3.8, 4) is 11.5 Å². The SMILES string of the molecule is COc1ccc(C)cc1NC(=O)CSc1nnc([C@H](C)Oc2ccc(Cl)cc2Cl)o1. The molecule has 1 atom stereocenters. The first-order valence-electron chi connectivity index (χ1n) is 8.88. The molecule has 3 aromatic rings. The van der Waals surface area contributed by atoms with Crippen LogP contribution in [0.2, 0.25) is 10.0 Å². The minimum absolute atomic E-state index is 0.0942. The van der Waals surface area contributed by atoms with Gasteiger partial charge < -0.3 is 19.2 Å². The van der Waals surface area contributed by atoms with E-state index in [2.05, 4.69) is 15.5 Å². The molecule has 0 saturated heterocycles. The molecule has 0 fully saturated rings. The molecule has 1 aromatic heterocycles. The average Bonchev–Trinajstić information content (AvgIpc) is 3.18. The molecule has 1 N–H and O–H groups in total. The van der Waals surface area contributed by atoms with Gasteiger partial charge in [-0.3, -0.25) is 4.79 Å². The summed E-state index contributed by atoms with van der Waals surface area (Å²) in [6.07, 6.45) is -0.532. The highest BCUT2D eigenvalue weighted by atomic mass is 35.5. The summed E-state index contributed by atoms with van der Waals surface area (Å²) < 4.78 is 16.6. The highest BCUT2D eigenvalue weighted by Crippen LogP contribution is 2.31. The van der Waals surface area contributed by atoms with E-state index in [9.17, 15) is 4.79 Å². The van der Waals surface area contributed by atoms with Gasteiger partial charge in [-0.25, -0.2) is 0 Å². The third-order valence-corrected chi connectivity index (χ3v) is 5.27. The van der Waals surface area contributed by atoms with Gasteiger partial charge in [-0.2, -0.15) is 0 Å². The molecule has 1 amide bonds. The van der Waals surface area contributed by atoms with E-state index in [-0.39, 0.29) is 22.8 Å². The molecule has 2 aromatic carbocycles. The van der Waals surface area contributed by atoms with Crippen molar-refractivity contribution >= 4 is 46.6 Å². The van der Waals surface area contributed by atoms with Crippen molar-refractivity contribution in [2.45, 2.75) is 25.2 Å². The lowest BCUT2D eigenvalue weighted by atomic mass is 10.2. The predicted octanol–water partition coefficient (Wildman–Crippen LogP) is 5.56. The highest BCUT2D eigenvalue weighted by molar-refractivity contribution is 7.99. The van der Waals surface area contributed by atoms with E-state index in [1.165, 1.54) is 0 Å². The number of benzene rings is 2. The number of aromatic nitrogens is 2. The molecule has 3 rings (SSSR count). The van der Waals surface area contributed by atoms with Gasteiger partial charge >= 0.3 is 0 Å². The molecular formula is C20H19Cl2N3O4S. The van der Waals surface area contributed by atoms with E-state index in [1.54, 1.807) is 38.3 Å². The largest absolute Gasteiger partial charge is 0.495 e. The van der Waals surface area contributed by atoms with Crippen molar-refractivity contribution in [3.05, 3.63) is 57.9 Å². The fraction of sp³-hybridized carbons (Fsp3) is 0.250. The number of amides is 1. The molecule has 0 saturated carbocycles. The average molecular weight is 468 g/mol. The van der Waals surface area contributed by atoms with Gasteiger partial charge in [0.25, 0.3) is 11.1 Å². The van der Waals surface area contributed by atoms with Crippen molar-refractivity contribution in [1.82, 2.24) is 10.2 Å². The number of hydrogen-bond donors (Lipinski definition) is 1. The molecule has 0 aliphatic heterocycles. The van der Waals surface area contributed by atoms with Gasteiger partial charge in [-0.1, -0.05) is 41.0 Å². The number of ether oxygens (including phenoxy) is 2. The second kappa shape index (κ2) is 10.1. The standard InChI is InChI=1S/C20H19Cl2N3O4S/c1-11-4-6-17(27-3)15(8-11)23-18(26)10-30-20-25-24-19(29-20)12(2)28-16-7-5-13(21)9-14(16)22/h4-9,12H,10H2,1-3H3,(H,23,26)/t12-/m0/s1. The van der Waals surface area contributed by atoms with Crippen LogP contribution in [0, 0.1) is 6.92 Å². The lowest BCUT2D eigenvalue weighted by Gasteiger charge is -2.12. The summed E-state index contributed by atoms with van der Waals surface area (Å²) >= 11 is 13.1. The van der Waals surface area contributed by atoms with Crippen LogP contribution in [0.15, 0.2) is 46.0 Å². The number of halogens is 2. The van der Waals surface area contributed by atoms with Crippen LogP contribution in [0.3, 0.4) is 0 Å². The Hall–Kier alpha value is -2.42. The summed E-state index contributed by atoms with van der Waals surface area (Å²) in [6.45, 7) is 3.69. The molecule has 0 radical (unpaired) electrons. The number of rotatable bonds is 8. The van der Waals surface area contributed by atoms with Gasteiger partial charge in [0.05, 0.1) is 23.6 Å². The second-order valence-electron chi connectivity index (χ2n) is 6.28. The summed E-state index contributed by atoms with van der Waals surface area (Å²) in [5, 5.41) is 11.9. The smallest absolute Gasteiger partial charge is 0.277 e. The van der Waals surface area contributed by atoms with Crippen molar-refractivity contribution < 1.29 is 18.7 Å². The molecule has 158 valence electrons. The first kappa shape index (κ1) is 22.3. The fourth-order valence-electron chi connectivity index (χ4n) is 2.49. The third-order valence-electron chi connectivity index (χ3n) is 3.92. The molecule has 0 bridgehead atoms. The van der Waals surface area contributed by atoms with Crippen LogP contribution in [0.4, 0.5) is 5.69 Å². The Morgan fingerprint density at radius 2 is 1.97 bits per heavy atom. The van der Waals surface area contributed by atoms with Crippen LogP contribution in [-0.4, -0.2) is 29.0 Å². The molecule has 0 spiro atoms. The summed E-state index contributed by atoms with van der Waals surface area (Å²) in [4.78, 5) is 12.3. The maximum absolute atomic E-state index is 12.3. The number of nitrogens with one attached hydrogen (secondary N) is 1. The van der Waals surface area contributed by atoms with Gasteiger partial charge in [0.2, 0.25) is 5.91 Å². The van der Waals surface area contributed by atoms with Gasteiger partial charge in [0, 0.05) is 5.02 Å². The van der Waals surface area contributed by atoms with E-state index in [1.807, 2.05) is 19.1 Å². The fourth-order valence-corrected chi connectivity index (χ4v) is 3.51. The first-order chi connectivity index (χ1) is 14.4. The van der Waals surface area contributed by atoms with Gasteiger partial charge in [-0.05, 0) is 49.7 Å². The normalized spacial score (nSPS) is 11.8. The van der Waals surface area contributed by atoms with Crippen LogP contribution in [-0.2, 0) is 4.79 Å². The predicted molar refractivity (Wildman–Crippen MR) is 117 cm³/mol. The summed E-state index contributed by atoms with van der Waals surface area (Å²) in [5.41, 5.74) is 1.62. The summed E-state index contributed by atoms with van der Waals surface area (Å²) in [7, 11) is 1.55. The Labute approximate surface area is 188 Å². The lowest BCUT2D eigenvalue weighted by molar-refractivity contribution is -0.113. The van der Waals surface area contributed by atoms with Crippen LogP contribution in [0.25, 0.3) is 0 Å². The Morgan fingerprint density at radius 1 is 1.20 bits per heavy atom. The quantitative estimate of drug-likeness (QED) is 0.433. The number of nitrogens with zero attached hydrogens (tertiary/aromatic N) is 2. The Kier molecular flexibility index (Phi) is 7.47. The minimum atomic E-state index is -0.532. The Balaban J connectivity index is 1.56. The Morgan fingerprint density at radius 3 is 2.70 bits per heavy atom. The maximum Gasteiger partial charge on any atom is 0.277 e. The van der Waals surface area contributed by atoms with Gasteiger partial charge in [0.1, 0.15) is 11.5 Å². The van der Waals surface area contributed by atoms with E-state index < -0.39 is 6.10 Å². The molecule has 7 nitrogen and oxygen atoms in total. The molecule has 0 unspecified atom stereocenters. The van der Waals surface area contributed by atoms with Crippen LogP contribution in [0.1, 0.15) is 24.5 Å². The van der Waals surface area contributed by atoms with Gasteiger partial charge in [0.15, 0.2) is 6.10 Å². The number of aryl methyl sites for hydroxylation is 1. The van der Waals surface area contributed by atoms with Crippen molar-refractivity contribution in [3.63, 3.8) is 0 Å². The summed E-state index contributed by atoms with van der Waals surface area (Å²) in [5.74, 6) is 1.18. The number of hydrogen-bond acceptors (Lipinski definition) is 7. The second-order valence-corrected chi connectivity index (χ2v) is 8.05. The number of carbonyl (C=O) groups excluding carboxylic acids is 1. The van der Waals surface area contributed by atoms with Crippen LogP contribution < -0.4 is 14.8 Å². The molecule has 10 heteroatoms. The van der Waals surface area contributed by atoms with Crippen LogP contribution in [0.5, 0.6) is 11.5 Å². The highest BCUT2D eigenvalue weighted by Gasteiger charge is 2.18. The lowest BCUT2D eigenvalue weighted by Crippen LogP contribution is -2.14. The maximum atomic E-state index is 12.3. The third kappa shape index (κ3) is 5.81. The van der Waals surface area contributed by atoms with Crippen LogP contribution >= 0.6 is 35.0 Å². The number of thioether (sulfide) groups is 1. The van der Waals surface area contributed by atoms with E-state index in [4.69, 9.17) is 37.1 Å². The topological polar surface area (TPSA) is 86.5 Å². The zero-order valence-electron chi connectivity index (χ0n) is 16.4. The monoisotopic (exact) mass is 467 g/mol. The van der Waals surface area contributed by atoms with E-state index in [0.717, 1.165) is 17.3 Å². The molecule has 0 aliphatic carbocycles. The zero-order valence-corrected chi connectivity index (χ0v) is 18.8. The number of methoxy groups -OCH3 is 1. The van der Waals surface area contributed by atoms with Crippen molar-refractivity contribution in [2.75, 3.05) is 18.2 Å². The minimum Gasteiger partial charge on any atom is -0.495 e. The molecule has 1 heterocycles. The van der Waals surface area contributed by atoms with E-state index in [0.29, 0.717) is 27.2 Å². The number of anilines is 1. The van der Waals surface area contributed by atoms with E-state index >= 15 is 0 Å². The summed E-state index contributed by atoms with van der Waals surface area (Å²) in [6, 6.07) is 10.5. The van der Waals surface area contributed by atoms with Crippen molar-refractivity contribution in [1.29, 1.82) is 0 Å². The van der Waals surface area contributed by atoms with Crippen molar-refractivity contribution in [2.24, 2.45) is 0 Å². The molecule has 0 aliphatic rings. The first-order valence-corrected chi connectivity index (χ1v) is 10.6.